The van der Waals surface area contributed by atoms with Crippen molar-refractivity contribution >= 4 is 12.0 Å². The molecule has 2 aliphatic heterocycles. The number of urea groups is 1. The smallest absolute Gasteiger partial charge is 0.317 e. The van der Waals surface area contributed by atoms with Crippen molar-refractivity contribution in [3.8, 4) is 0 Å². The first-order chi connectivity index (χ1) is 9.69. The lowest BCUT2D eigenvalue weighted by molar-refractivity contribution is -0.141. The maximum atomic E-state index is 12.0. The van der Waals surface area contributed by atoms with Gasteiger partial charge in [-0.25, -0.2) is 4.79 Å². The first kappa shape index (κ1) is 15.1. The lowest BCUT2D eigenvalue weighted by Crippen LogP contribution is -2.53. The Morgan fingerprint density at radius 2 is 2.05 bits per heavy atom. The predicted molar refractivity (Wildman–Crippen MR) is 72.4 cm³/mol. The second kappa shape index (κ2) is 7.44. The SMILES string of the molecule is COC(=O)CCN1CCN(C(=O)NC2CCOC2)CC1. The Morgan fingerprint density at radius 1 is 1.30 bits per heavy atom. The van der Waals surface area contributed by atoms with Gasteiger partial charge in [0.15, 0.2) is 0 Å². The van der Waals surface area contributed by atoms with Gasteiger partial charge in [0, 0.05) is 39.3 Å². The standard InChI is InChI=1S/C13H23N3O4/c1-19-12(17)2-4-15-5-7-16(8-6-15)13(18)14-11-3-9-20-10-11/h11H,2-10H2,1H3,(H,14,18). The number of hydrogen-bond donors (Lipinski definition) is 1. The molecule has 114 valence electrons. The van der Waals surface area contributed by atoms with Crippen molar-refractivity contribution in [2.45, 2.75) is 18.9 Å². The fourth-order valence-corrected chi connectivity index (χ4v) is 2.44. The zero-order valence-corrected chi connectivity index (χ0v) is 12.0. The Morgan fingerprint density at radius 3 is 2.65 bits per heavy atom. The van der Waals surface area contributed by atoms with Crippen molar-refractivity contribution in [2.24, 2.45) is 0 Å². The third kappa shape index (κ3) is 4.35. The van der Waals surface area contributed by atoms with Crippen molar-refractivity contribution in [1.29, 1.82) is 0 Å². The number of esters is 1. The molecule has 0 spiro atoms. The minimum atomic E-state index is -0.189. The number of nitrogens with one attached hydrogen (secondary N) is 1. The lowest BCUT2D eigenvalue weighted by Gasteiger charge is -2.35. The minimum Gasteiger partial charge on any atom is -0.469 e. The van der Waals surface area contributed by atoms with Gasteiger partial charge in [-0.3, -0.25) is 9.69 Å². The Balaban J connectivity index is 1.65. The molecular formula is C13H23N3O4. The van der Waals surface area contributed by atoms with Crippen LogP contribution in [0.2, 0.25) is 0 Å². The summed E-state index contributed by atoms with van der Waals surface area (Å²) >= 11 is 0. The molecule has 1 N–H and O–H groups in total. The van der Waals surface area contributed by atoms with Crippen LogP contribution in [-0.4, -0.2) is 80.9 Å². The van der Waals surface area contributed by atoms with Gasteiger partial charge in [0.1, 0.15) is 0 Å². The van der Waals surface area contributed by atoms with Crippen LogP contribution in [0.25, 0.3) is 0 Å². The van der Waals surface area contributed by atoms with Crippen LogP contribution in [-0.2, 0) is 14.3 Å². The summed E-state index contributed by atoms with van der Waals surface area (Å²) in [6, 6.07) is 0.146. The summed E-state index contributed by atoms with van der Waals surface area (Å²) in [6.45, 7) is 5.02. The summed E-state index contributed by atoms with van der Waals surface area (Å²) in [6.07, 6.45) is 1.30. The fourth-order valence-electron chi connectivity index (χ4n) is 2.44. The van der Waals surface area contributed by atoms with Crippen LogP contribution in [0, 0.1) is 0 Å². The van der Waals surface area contributed by atoms with Gasteiger partial charge in [0.05, 0.1) is 26.2 Å². The molecule has 0 aromatic carbocycles. The summed E-state index contributed by atoms with van der Waals surface area (Å²) < 4.78 is 9.87. The van der Waals surface area contributed by atoms with Gasteiger partial charge in [-0.05, 0) is 6.42 Å². The van der Waals surface area contributed by atoms with Gasteiger partial charge in [-0.15, -0.1) is 0 Å². The second-order valence-electron chi connectivity index (χ2n) is 5.16. The largest absolute Gasteiger partial charge is 0.469 e. The Bertz CT molecular complexity index is 337. The number of hydrogen-bond acceptors (Lipinski definition) is 5. The number of ether oxygens (including phenoxy) is 2. The Labute approximate surface area is 119 Å². The van der Waals surface area contributed by atoms with E-state index < -0.39 is 0 Å². The molecule has 2 amide bonds. The molecule has 2 rings (SSSR count). The maximum Gasteiger partial charge on any atom is 0.317 e. The molecule has 0 aromatic rings. The normalized spacial score (nSPS) is 23.6. The van der Waals surface area contributed by atoms with Crippen molar-refractivity contribution < 1.29 is 19.1 Å². The van der Waals surface area contributed by atoms with E-state index in [9.17, 15) is 9.59 Å². The van der Waals surface area contributed by atoms with E-state index >= 15 is 0 Å². The van der Waals surface area contributed by atoms with Gasteiger partial charge in [0.25, 0.3) is 0 Å². The van der Waals surface area contributed by atoms with Crippen molar-refractivity contribution in [3.05, 3.63) is 0 Å². The summed E-state index contributed by atoms with van der Waals surface area (Å²) in [5, 5.41) is 2.99. The average Bonchev–Trinajstić information content (AvgIpc) is 2.98. The third-order valence-corrected chi connectivity index (χ3v) is 3.78. The van der Waals surface area contributed by atoms with E-state index in [-0.39, 0.29) is 18.0 Å². The highest BCUT2D eigenvalue weighted by Gasteiger charge is 2.24. The third-order valence-electron chi connectivity index (χ3n) is 3.78. The minimum absolute atomic E-state index is 0.00637. The molecule has 7 nitrogen and oxygen atoms in total. The van der Waals surface area contributed by atoms with Gasteiger partial charge in [-0.1, -0.05) is 0 Å². The van der Waals surface area contributed by atoms with Crippen molar-refractivity contribution in [1.82, 2.24) is 15.1 Å². The average molecular weight is 285 g/mol. The Kier molecular flexibility index (Phi) is 5.60. The number of nitrogens with zero attached hydrogens (tertiary/aromatic N) is 2. The van der Waals surface area contributed by atoms with Crippen LogP contribution in [0.4, 0.5) is 4.79 Å². The quantitative estimate of drug-likeness (QED) is 0.716. The topological polar surface area (TPSA) is 71.1 Å². The second-order valence-corrected chi connectivity index (χ2v) is 5.16. The van der Waals surface area contributed by atoms with E-state index in [4.69, 9.17) is 4.74 Å². The molecule has 2 saturated heterocycles. The number of carbonyl (C=O) groups excluding carboxylic acids is 2. The van der Waals surface area contributed by atoms with E-state index in [2.05, 4.69) is 15.0 Å². The van der Waals surface area contributed by atoms with Crippen LogP contribution < -0.4 is 5.32 Å². The molecule has 2 fully saturated rings. The molecule has 0 aromatic heterocycles. The van der Waals surface area contributed by atoms with E-state index in [0.29, 0.717) is 32.7 Å². The van der Waals surface area contributed by atoms with E-state index in [0.717, 1.165) is 26.1 Å². The molecule has 20 heavy (non-hydrogen) atoms. The Hall–Kier alpha value is -1.34. The highest BCUT2D eigenvalue weighted by molar-refractivity contribution is 5.74. The zero-order chi connectivity index (χ0) is 14.4. The number of carbonyl (C=O) groups is 2. The number of piperazine rings is 1. The van der Waals surface area contributed by atoms with Crippen LogP contribution >= 0.6 is 0 Å². The summed E-state index contributed by atoms with van der Waals surface area (Å²) in [5.41, 5.74) is 0. The van der Waals surface area contributed by atoms with E-state index in [1.54, 1.807) is 0 Å². The van der Waals surface area contributed by atoms with Gasteiger partial charge >= 0.3 is 12.0 Å². The molecule has 2 aliphatic rings. The lowest BCUT2D eigenvalue weighted by atomic mass is 10.2. The maximum absolute atomic E-state index is 12.0. The molecule has 0 radical (unpaired) electrons. The highest BCUT2D eigenvalue weighted by Crippen LogP contribution is 2.07. The predicted octanol–water partition coefficient (Wildman–Crippen LogP) is -0.334. The van der Waals surface area contributed by atoms with Crippen molar-refractivity contribution in [2.75, 3.05) is 53.0 Å². The van der Waals surface area contributed by atoms with Crippen LogP contribution in [0.1, 0.15) is 12.8 Å². The number of amides is 2. The first-order valence-electron chi connectivity index (χ1n) is 7.11. The molecule has 1 atom stereocenters. The molecule has 2 heterocycles. The summed E-state index contributed by atoms with van der Waals surface area (Å²) in [4.78, 5) is 27.1. The van der Waals surface area contributed by atoms with Gasteiger partial charge in [0.2, 0.25) is 0 Å². The molecule has 0 bridgehead atoms. The fraction of sp³-hybridized carbons (Fsp3) is 0.846. The molecule has 0 saturated carbocycles. The molecule has 0 aliphatic carbocycles. The van der Waals surface area contributed by atoms with E-state index in [1.165, 1.54) is 7.11 Å². The molecule has 1 unspecified atom stereocenters. The first-order valence-corrected chi connectivity index (χ1v) is 7.11. The molecular weight excluding hydrogens is 262 g/mol. The monoisotopic (exact) mass is 285 g/mol. The summed E-state index contributed by atoms with van der Waals surface area (Å²) in [7, 11) is 1.40. The van der Waals surface area contributed by atoms with Crippen LogP contribution in [0.3, 0.4) is 0 Å². The number of methoxy groups -OCH3 is 1. The van der Waals surface area contributed by atoms with Crippen molar-refractivity contribution in [3.63, 3.8) is 0 Å². The van der Waals surface area contributed by atoms with Crippen LogP contribution in [0.15, 0.2) is 0 Å². The molecule has 7 heteroatoms. The van der Waals surface area contributed by atoms with E-state index in [1.807, 2.05) is 4.90 Å². The van der Waals surface area contributed by atoms with Gasteiger partial charge in [-0.2, -0.15) is 0 Å². The van der Waals surface area contributed by atoms with Gasteiger partial charge < -0.3 is 19.7 Å². The number of rotatable bonds is 4. The van der Waals surface area contributed by atoms with Crippen LogP contribution in [0.5, 0.6) is 0 Å². The zero-order valence-electron chi connectivity index (χ0n) is 12.0. The highest BCUT2D eigenvalue weighted by atomic mass is 16.5. The summed E-state index contributed by atoms with van der Waals surface area (Å²) in [5.74, 6) is -0.189.